The average Bonchev–Trinajstić information content (AvgIpc) is 2.91. The molecule has 0 fully saturated rings. The summed E-state index contributed by atoms with van der Waals surface area (Å²) in [7, 11) is 0. The van der Waals surface area contributed by atoms with Gasteiger partial charge in [0, 0.05) is 18.4 Å². The van der Waals surface area contributed by atoms with E-state index in [2.05, 4.69) is 0 Å². The second-order valence-electron chi connectivity index (χ2n) is 4.73. The molecule has 0 saturated carbocycles. The molecule has 0 atom stereocenters. The van der Waals surface area contributed by atoms with E-state index in [1.54, 1.807) is 18.2 Å². The van der Waals surface area contributed by atoms with Gasteiger partial charge in [-0.15, -0.1) is 0 Å². The van der Waals surface area contributed by atoms with E-state index in [9.17, 15) is 4.79 Å². The molecule has 4 heteroatoms. The minimum Gasteiger partial charge on any atom is -0.493 e. The fraction of sp³-hybridized carbons (Fsp3) is 0.188. The van der Waals surface area contributed by atoms with Gasteiger partial charge in [0.1, 0.15) is 5.75 Å². The summed E-state index contributed by atoms with van der Waals surface area (Å²) >= 11 is 12.1. The highest BCUT2D eigenvalue weighted by atomic mass is 35.5. The van der Waals surface area contributed by atoms with Gasteiger partial charge in [-0.3, -0.25) is 4.79 Å². The van der Waals surface area contributed by atoms with Crippen LogP contribution in [-0.2, 0) is 12.8 Å². The van der Waals surface area contributed by atoms with Crippen LogP contribution in [0.2, 0.25) is 10.0 Å². The van der Waals surface area contributed by atoms with Gasteiger partial charge in [0.2, 0.25) is 0 Å². The predicted molar refractivity (Wildman–Crippen MR) is 80.1 cm³/mol. The first kappa shape index (κ1) is 13.5. The quantitative estimate of drug-likeness (QED) is 0.788. The van der Waals surface area contributed by atoms with E-state index in [4.69, 9.17) is 27.9 Å². The Morgan fingerprint density at radius 3 is 2.90 bits per heavy atom. The van der Waals surface area contributed by atoms with Crippen LogP contribution in [0.5, 0.6) is 5.75 Å². The second kappa shape index (κ2) is 5.47. The summed E-state index contributed by atoms with van der Waals surface area (Å²) in [5.74, 6) is 0.909. The lowest BCUT2D eigenvalue weighted by Gasteiger charge is -2.06. The highest BCUT2D eigenvalue weighted by molar-refractivity contribution is 6.42. The van der Waals surface area contributed by atoms with E-state index >= 15 is 0 Å². The van der Waals surface area contributed by atoms with Crippen LogP contribution in [0.4, 0.5) is 0 Å². The van der Waals surface area contributed by atoms with E-state index in [-0.39, 0.29) is 12.2 Å². The molecule has 2 nitrogen and oxygen atoms in total. The highest BCUT2D eigenvalue weighted by Gasteiger charge is 2.16. The molecule has 102 valence electrons. The van der Waals surface area contributed by atoms with Crippen LogP contribution in [0.3, 0.4) is 0 Å². The number of hydrogen-bond acceptors (Lipinski definition) is 2. The van der Waals surface area contributed by atoms with Gasteiger partial charge in [-0.05, 0) is 35.4 Å². The van der Waals surface area contributed by atoms with Crippen molar-refractivity contribution in [3.05, 3.63) is 63.1 Å². The van der Waals surface area contributed by atoms with Gasteiger partial charge in [0.15, 0.2) is 5.78 Å². The number of rotatable bonds is 3. The third-order valence-corrected chi connectivity index (χ3v) is 4.25. The molecule has 0 N–H and O–H groups in total. The van der Waals surface area contributed by atoms with Crippen molar-refractivity contribution < 1.29 is 9.53 Å². The van der Waals surface area contributed by atoms with Gasteiger partial charge in [-0.1, -0.05) is 35.3 Å². The first-order chi connectivity index (χ1) is 9.65. The number of halogens is 2. The van der Waals surface area contributed by atoms with Crippen LogP contribution in [0.25, 0.3) is 0 Å². The zero-order chi connectivity index (χ0) is 14.1. The number of Topliss-reactive ketones (excluding diaryl/α,β-unsaturated/α-hetero) is 1. The van der Waals surface area contributed by atoms with Gasteiger partial charge >= 0.3 is 0 Å². The van der Waals surface area contributed by atoms with E-state index in [1.807, 2.05) is 18.2 Å². The number of benzene rings is 2. The maximum absolute atomic E-state index is 12.3. The number of ether oxygens (including phenoxy) is 1. The molecule has 3 rings (SSSR count). The number of carbonyl (C=O) groups excluding carboxylic acids is 1. The molecule has 1 aliphatic heterocycles. The first-order valence-corrected chi connectivity index (χ1v) is 7.12. The van der Waals surface area contributed by atoms with Gasteiger partial charge in [-0.2, -0.15) is 0 Å². The molecule has 0 aliphatic carbocycles. The number of fused-ring (bicyclic) bond motifs is 1. The van der Waals surface area contributed by atoms with Crippen LogP contribution in [0.15, 0.2) is 36.4 Å². The Morgan fingerprint density at radius 1 is 1.20 bits per heavy atom. The summed E-state index contributed by atoms with van der Waals surface area (Å²) in [4.78, 5) is 12.3. The number of hydrogen-bond donors (Lipinski definition) is 0. The third-order valence-electron chi connectivity index (χ3n) is 3.39. The normalized spacial score (nSPS) is 12.9. The van der Waals surface area contributed by atoms with Gasteiger partial charge in [0.25, 0.3) is 0 Å². The van der Waals surface area contributed by atoms with Crippen LogP contribution >= 0.6 is 23.2 Å². The minimum absolute atomic E-state index is 0.0314. The Morgan fingerprint density at radius 2 is 2.05 bits per heavy atom. The van der Waals surface area contributed by atoms with Crippen molar-refractivity contribution in [3.8, 4) is 5.75 Å². The summed E-state index contributed by atoms with van der Waals surface area (Å²) in [5, 5.41) is 0.923. The lowest BCUT2D eigenvalue weighted by atomic mass is 10.0. The molecular weight excluding hydrogens is 295 g/mol. The fourth-order valence-electron chi connectivity index (χ4n) is 2.32. The second-order valence-corrected chi connectivity index (χ2v) is 5.52. The predicted octanol–water partition coefficient (Wildman–Crippen LogP) is 4.35. The molecule has 1 heterocycles. The minimum atomic E-state index is 0.0314. The molecule has 0 spiro atoms. The van der Waals surface area contributed by atoms with Gasteiger partial charge < -0.3 is 4.74 Å². The number of carbonyl (C=O) groups is 1. The van der Waals surface area contributed by atoms with E-state index < -0.39 is 0 Å². The summed E-state index contributed by atoms with van der Waals surface area (Å²) in [6.07, 6.45) is 1.10. The zero-order valence-corrected chi connectivity index (χ0v) is 12.2. The summed E-state index contributed by atoms with van der Waals surface area (Å²) in [6.45, 7) is 0.688. The molecule has 0 amide bonds. The Bertz CT molecular complexity index is 680. The van der Waals surface area contributed by atoms with Crippen molar-refractivity contribution in [3.63, 3.8) is 0 Å². The topological polar surface area (TPSA) is 26.3 Å². The summed E-state index contributed by atoms with van der Waals surface area (Å²) in [5.41, 5.74) is 2.53. The van der Waals surface area contributed by atoms with Crippen molar-refractivity contribution in [1.29, 1.82) is 0 Å². The lowest BCUT2D eigenvalue weighted by Crippen LogP contribution is -2.04. The fourth-order valence-corrected chi connectivity index (χ4v) is 2.71. The Labute approximate surface area is 127 Å². The largest absolute Gasteiger partial charge is 0.493 e. The van der Waals surface area contributed by atoms with Crippen molar-refractivity contribution in [2.45, 2.75) is 12.8 Å². The van der Waals surface area contributed by atoms with Crippen molar-refractivity contribution >= 4 is 29.0 Å². The molecule has 0 bridgehead atoms. The molecule has 0 radical (unpaired) electrons. The molecule has 2 aromatic rings. The highest BCUT2D eigenvalue weighted by Crippen LogP contribution is 2.28. The molecule has 0 aromatic heterocycles. The zero-order valence-electron chi connectivity index (χ0n) is 10.7. The van der Waals surface area contributed by atoms with Crippen molar-refractivity contribution in [2.75, 3.05) is 6.61 Å². The van der Waals surface area contributed by atoms with E-state index in [0.29, 0.717) is 22.2 Å². The standard InChI is InChI=1S/C16H12Cl2O2/c17-13-3-1-2-12(16(13)18)9-14(19)10-4-5-15-11(8-10)6-7-20-15/h1-5,8H,6-7,9H2. The van der Waals surface area contributed by atoms with Crippen LogP contribution < -0.4 is 4.74 Å². The summed E-state index contributed by atoms with van der Waals surface area (Å²) < 4.78 is 5.44. The SMILES string of the molecule is O=C(Cc1cccc(Cl)c1Cl)c1ccc2c(c1)CCO2. The smallest absolute Gasteiger partial charge is 0.167 e. The van der Waals surface area contributed by atoms with E-state index in [1.165, 1.54) is 0 Å². The molecule has 1 aliphatic rings. The average molecular weight is 307 g/mol. The first-order valence-electron chi connectivity index (χ1n) is 6.37. The van der Waals surface area contributed by atoms with Gasteiger partial charge in [0.05, 0.1) is 16.7 Å². The molecule has 0 saturated heterocycles. The molecular formula is C16H12Cl2O2. The molecule has 0 unspecified atom stereocenters. The lowest BCUT2D eigenvalue weighted by molar-refractivity contribution is 0.0993. The summed E-state index contributed by atoms with van der Waals surface area (Å²) in [6, 6.07) is 10.9. The van der Waals surface area contributed by atoms with Crippen LogP contribution in [-0.4, -0.2) is 12.4 Å². The maximum atomic E-state index is 12.3. The van der Waals surface area contributed by atoms with Crippen LogP contribution in [0, 0.1) is 0 Å². The monoisotopic (exact) mass is 306 g/mol. The molecule has 20 heavy (non-hydrogen) atoms. The van der Waals surface area contributed by atoms with Crippen molar-refractivity contribution in [1.82, 2.24) is 0 Å². The molecule has 2 aromatic carbocycles. The Hall–Kier alpha value is -1.51. The Balaban J connectivity index is 1.84. The maximum Gasteiger partial charge on any atom is 0.167 e. The van der Waals surface area contributed by atoms with Crippen molar-refractivity contribution in [2.24, 2.45) is 0 Å². The van der Waals surface area contributed by atoms with E-state index in [0.717, 1.165) is 23.3 Å². The van der Waals surface area contributed by atoms with Gasteiger partial charge in [-0.25, -0.2) is 0 Å². The Kier molecular flexibility index (Phi) is 3.68. The third kappa shape index (κ3) is 2.54. The number of ketones is 1. The van der Waals surface area contributed by atoms with Crippen LogP contribution in [0.1, 0.15) is 21.5 Å².